The lowest BCUT2D eigenvalue weighted by atomic mass is 9.82. The van der Waals surface area contributed by atoms with Gasteiger partial charge in [-0.15, -0.1) is 5.10 Å². The van der Waals surface area contributed by atoms with Gasteiger partial charge in [-0.2, -0.15) is 4.98 Å². The summed E-state index contributed by atoms with van der Waals surface area (Å²) >= 11 is 0. The van der Waals surface area contributed by atoms with E-state index < -0.39 is 5.97 Å². The first kappa shape index (κ1) is 11.5. The van der Waals surface area contributed by atoms with E-state index in [1.807, 2.05) is 4.68 Å². The zero-order chi connectivity index (χ0) is 12.5. The summed E-state index contributed by atoms with van der Waals surface area (Å²) in [5.41, 5.74) is 0. The molecule has 2 aliphatic rings. The zero-order valence-corrected chi connectivity index (χ0v) is 10.3. The second-order valence-electron chi connectivity index (χ2n) is 5.19. The van der Waals surface area contributed by atoms with Crippen LogP contribution in [0.1, 0.15) is 55.2 Å². The van der Waals surface area contributed by atoms with Crippen molar-refractivity contribution >= 4 is 11.9 Å². The average Bonchev–Trinajstić information content (AvgIpc) is 2.83. The lowest BCUT2D eigenvalue weighted by Gasteiger charge is -2.33. The molecule has 0 spiro atoms. The summed E-state index contributed by atoms with van der Waals surface area (Å²) in [5, 5.41) is 16.2. The highest BCUT2D eigenvalue weighted by Gasteiger charge is 2.31. The minimum absolute atomic E-state index is 0.0970. The number of fused-ring (bicyclic) bond motifs is 1. The van der Waals surface area contributed by atoms with Crippen LogP contribution >= 0.6 is 0 Å². The molecule has 2 heterocycles. The van der Waals surface area contributed by atoms with Gasteiger partial charge in [-0.05, 0) is 25.2 Å². The molecule has 1 fully saturated rings. The van der Waals surface area contributed by atoms with Gasteiger partial charge in [0.25, 0.3) is 5.82 Å². The van der Waals surface area contributed by atoms with E-state index in [-0.39, 0.29) is 5.82 Å². The first-order valence-electron chi connectivity index (χ1n) is 6.69. The molecule has 1 aromatic heterocycles. The number of anilines is 1. The molecule has 0 amide bonds. The normalized spacial score (nSPS) is 24.3. The monoisotopic (exact) mass is 250 g/mol. The van der Waals surface area contributed by atoms with Crippen molar-refractivity contribution in [2.24, 2.45) is 5.92 Å². The van der Waals surface area contributed by atoms with Crippen molar-refractivity contribution in [2.75, 3.05) is 11.9 Å². The fraction of sp³-hybridized carbons (Fsp3) is 0.750. The topological polar surface area (TPSA) is 80.0 Å². The fourth-order valence-corrected chi connectivity index (χ4v) is 3.17. The van der Waals surface area contributed by atoms with E-state index in [4.69, 9.17) is 5.11 Å². The number of nitrogens with one attached hydrogen (secondary N) is 1. The van der Waals surface area contributed by atoms with Crippen LogP contribution in [0.5, 0.6) is 0 Å². The van der Waals surface area contributed by atoms with Gasteiger partial charge in [0, 0.05) is 6.54 Å². The van der Waals surface area contributed by atoms with Crippen LogP contribution in [-0.2, 0) is 0 Å². The summed E-state index contributed by atoms with van der Waals surface area (Å²) < 4.78 is 1.81. The third kappa shape index (κ3) is 1.95. The molecular formula is C12H18N4O2. The number of carboxylic acid groups (broad SMARTS) is 1. The number of carboxylic acids is 1. The molecule has 0 saturated heterocycles. The van der Waals surface area contributed by atoms with E-state index in [1.165, 1.54) is 32.1 Å². The Morgan fingerprint density at radius 1 is 1.28 bits per heavy atom. The summed E-state index contributed by atoms with van der Waals surface area (Å²) in [6, 6.07) is 0.321. The van der Waals surface area contributed by atoms with Crippen molar-refractivity contribution in [3.05, 3.63) is 5.82 Å². The fourth-order valence-electron chi connectivity index (χ4n) is 3.17. The number of nitrogens with zero attached hydrogens (tertiary/aromatic N) is 3. The predicted molar refractivity (Wildman–Crippen MR) is 65.7 cm³/mol. The second kappa shape index (κ2) is 4.59. The maximum absolute atomic E-state index is 10.9. The van der Waals surface area contributed by atoms with Crippen molar-refractivity contribution < 1.29 is 9.90 Å². The third-order valence-corrected chi connectivity index (χ3v) is 4.05. The summed E-state index contributed by atoms with van der Waals surface area (Å²) in [6.07, 6.45) is 7.36. The van der Waals surface area contributed by atoms with Gasteiger partial charge >= 0.3 is 5.97 Å². The second-order valence-corrected chi connectivity index (χ2v) is 5.19. The van der Waals surface area contributed by atoms with Crippen LogP contribution in [0.25, 0.3) is 0 Å². The Kier molecular flexibility index (Phi) is 2.93. The first-order valence-corrected chi connectivity index (χ1v) is 6.69. The molecule has 2 N–H and O–H groups in total. The Morgan fingerprint density at radius 3 is 2.78 bits per heavy atom. The van der Waals surface area contributed by atoms with Crippen LogP contribution in [0.4, 0.5) is 5.95 Å². The quantitative estimate of drug-likeness (QED) is 0.838. The Hall–Kier alpha value is -1.59. The van der Waals surface area contributed by atoms with Crippen molar-refractivity contribution in [1.82, 2.24) is 14.8 Å². The van der Waals surface area contributed by atoms with E-state index >= 15 is 0 Å². The van der Waals surface area contributed by atoms with Gasteiger partial charge in [-0.3, -0.25) is 0 Å². The minimum Gasteiger partial charge on any atom is -0.475 e. The Bertz CT molecular complexity index is 451. The van der Waals surface area contributed by atoms with Crippen molar-refractivity contribution in [3.8, 4) is 0 Å². The summed E-state index contributed by atoms with van der Waals surface area (Å²) in [6.45, 7) is 0.860. The highest BCUT2D eigenvalue weighted by Crippen LogP contribution is 2.37. The molecule has 1 unspecified atom stereocenters. The molecule has 18 heavy (non-hydrogen) atoms. The van der Waals surface area contributed by atoms with Gasteiger partial charge in [-0.25, -0.2) is 9.48 Å². The third-order valence-electron chi connectivity index (χ3n) is 4.05. The maximum atomic E-state index is 10.9. The number of rotatable bonds is 2. The van der Waals surface area contributed by atoms with Crippen LogP contribution < -0.4 is 5.32 Å². The van der Waals surface area contributed by atoms with Gasteiger partial charge in [-0.1, -0.05) is 19.3 Å². The zero-order valence-electron chi connectivity index (χ0n) is 10.3. The Balaban J connectivity index is 1.88. The number of aromatic nitrogens is 3. The van der Waals surface area contributed by atoms with Crippen LogP contribution in [0.15, 0.2) is 0 Å². The lowest BCUT2D eigenvalue weighted by Crippen LogP contribution is -2.30. The van der Waals surface area contributed by atoms with E-state index in [1.54, 1.807) is 0 Å². The van der Waals surface area contributed by atoms with Crippen molar-refractivity contribution in [1.29, 1.82) is 0 Å². The van der Waals surface area contributed by atoms with Gasteiger partial charge in [0.15, 0.2) is 0 Å². The van der Waals surface area contributed by atoms with Crippen LogP contribution in [0.2, 0.25) is 0 Å². The molecule has 0 radical (unpaired) electrons. The van der Waals surface area contributed by atoms with Crippen LogP contribution in [0.3, 0.4) is 0 Å². The smallest absolute Gasteiger partial charge is 0.375 e. The summed E-state index contributed by atoms with van der Waals surface area (Å²) in [5.74, 6) is 0.0958. The van der Waals surface area contributed by atoms with E-state index in [9.17, 15) is 4.79 Å². The number of hydrogen-bond donors (Lipinski definition) is 2. The highest BCUT2D eigenvalue weighted by atomic mass is 16.4. The Morgan fingerprint density at radius 2 is 2.06 bits per heavy atom. The Labute approximate surface area is 105 Å². The molecule has 0 bridgehead atoms. The van der Waals surface area contributed by atoms with E-state index in [2.05, 4.69) is 15.4 Å². The molecule has 3 rings (SSSR count). The van der Waals surface area contributed by atoms with Crippen LogP contribution in [0, 0.1) is 5.92 Å². The van der Waals surface area contributed by atoms with E-state index in [0.717, 1.165) is 13.0 Å². The minimum atomic E-state index is -1.05. The number of carbonyl (C=O) groups is 1. The van der Waals surface area contributed by atoms with E-state index in [0.29, 0.717) is 17.9 Å². The number of hydrogen-bond acceptors (Lipinski definition) is 4. The SMILES string of the molecule is O=C(O)c1nc2n(n1)C(C1CCCCC1)CCN2. The molecule has 1 atom stereocenters. The summed E-state index contributed by atoms with van der Waals surface area (Å²) in [7, 11) is 0. The van der Waals surface area contributed by atoms with Gasteiger partial charge in [0.05, 0.1) is 6.04 Å². The molecule has 0 aromatic carbocycles. The molecule has 6 heteroatoms. The maximum Gasteiger partial charge on any atom is 0.375 e. The molecule has 1 saturated carbocycles. The molecule has 6 nitrogen and oxygen atoms in total. The number of aromatic carboxylic acids is 1. The molecule has 1 aromatic rings. The van der Waals surface area contributed by atoms with Gasteiger partial charge < -0.3 is 10.4 Å². The summed E-state index contributed by atoms with van der Waals surface area (Å²) in [4.78, 5) is 15.0. The molecule has 98 valence electrons. The molecule has 1 aliphatic heterocycles. The largest absolute Gasteiger partial charge is 0.475 e. The lowest BCUT2D eigenvalue weighted by molar-refractivity contribution is 0.0682. The standard InChI is InChI=1S/C12H18N4O2/c17-11(18)10-14-12-13-7-6-9(16(12)15-10)8-4-2-1-3-5-8/h8-9H,1-7H2,(H,17,18)(H,13,14,15). The first-order chi connectivity index (χ1) is 8.75. The average molecular weight is 250 g/mol. The van der Waals surface area contributed by atoms with Crippen molar-refractivity contribution in [3.63, 3.8) is 0 Å². The van der Waals surface area contributed by atoms with Crippen LogP contribution in [-0.4, -0.2) is 32.4 Å². The van der Waals surface area contributed by atoms with Crippen molar-refractivity contribution in [2.45, 2.75) is 44.6 Å². The highest BCUT2D eigenvalue weighted by molar-refractivity contribution is 5.83. The molecule has 1 aliphatic carbocycles. The predicted octanol–water partition coefficient (Wildman–Crippen LogP) is 1.91. The molecular weight excluding hydrogens is 232 g/mol. The van der Waals surface area contributed by atoms with Gasteiger partial charge in [0.2, 0.25) is 5.95 Å². The van der Waals surface area contributed by atoms with Gasteiger partial charge in [0.1, 0.15) is 0 Å².